The highest BCUT2D eigenvalue weighted by Gasteiger charge is 2.23. The van der Waals surface area contributed by atoms with Crippen molar-refractivity contribution >= 4 is 15.9 Å². The third-order valence-electron chi connectivity index (χ3n) is 2.14. The molecule has 1 heterocycles. The van der Waals surface area contributed by atoms with Gasteiger partial charge in [0.05, 0.1) is 11.1 Å². The van der Waals surface area contributed by atoms with Crippen LogP contribution in [0.3, 0.4) is 0 Å². The number of nitrogens with two attached hydrogens (primary N) is 1. The van der Waals surface area contributed by atoms with Gasteiger partial charge in [-0.1, -0.05) is 0 Å². The fourth-order valence-electron chi connectivity index (χ4n) is 1.47. The molecular weight excluding hydrogens is 237 g/mol. The fourth-order valence-corrected chi connectivity index (χ4v) is 1.93. The van der Waals surface area contributed by atoms with Crippen molar-refractivity contribution in [1.82, 2.24) is 0 Å². The zero-order chi connectivity index (χ0) is 9.42. The lowest BCUT2D eigenvalue weighted by molar-refractivity contribution is 0.262. The molecule has 0 saturated carbocycles. The monoisotopic (exact) mass is 245 g/mol. The molecule has 1 aliphatic heterocycles. The lowest BCUT2D eigenvalue weighted by Crippen LogP contribution is -2.22. The summed E-state index contributed by atoms with van der Waals surface area (Å²) in [5, 5.41) is 0. The minimum atomic E-state index is -0.287. The second kappa shape index (κ2) is 3.27. The SMILES string of the molecule is N[C@@H]1CCOc2c(Br)ccc(F)c21. The summed E-state index contributed by atoms with van der Waals surface area (Å²) in [6, 6.07) is 2.78. The molecule has 4 heteroatoms. The minimum Gasteiger partial charge on any atom is -0.492 e. The predicted octanol–water partition coefficient (Wildman–Crippen LogP) is 2.37. The topological polar surface area (TPSA) is 35.2 Å². The molecule has 13 heavy (non-hydrogen) atoms. The Morgan fingerprint density at radius 3 is 3.00 bits per heavy atom. The summed E-state index contributed by atoms with van der Waals surface area (Å²) in [6.07, 6.45) is 0.667. The number of rotatable bonds is 0. The van der Waals surface area contributed by atoms with Crippen LogP contribution in [0, 0.1) is 5.82 Å². The highest BCUT2D eigenvalue weighted by Crippen LogP contribution is 2.38. The molecule has 2 nitrogen and oxygen atoms in total. The molecule has 1 aliphatic rings. The normalized spacial score (nSPS) is 20.7. The van der Waals surface area contributed by atoms with Crippen molar-refractivity contribution in [3.05, 3.63) is 28.0 Å². The van der Waals surface area contributed by atoms with Crippen molar-refractivity contribution in [2.24, 2.45) is 5.73 Å². The minimum absolute atomic E-state index is 0.249. The quantitative estimate of drug-likeness (QED) is 0.762. The van der Waals surface area contributed by atoms with E-state index in [1.54, 1.807) is 6.07 Å². The number of ether oxygens (including phenoxy) is 1. The maximum Gasteiger partial charge on any atom is 0.141 e. The second-order valence-corrected chi connectivity index (χ2v) is 3.87. The third kappa shape index (κ3) is 1.44. The Bertz CT molecular complexity index is 343. The van der Waals surface area contributed by atoms with Crippen molar-refractivity contribution in [1.29, 1.82) is 0 Å². The summed E-state index contributed by atoms with van der Waals surface area (Å²) in [5.41, 5.74) is 6.26. The van der Waals surface area contributed by atoms with Gasteiger partial charge in [0.1, 0.15) is 11.6 Å². The Morgan fingerprint density at radius 1 is 1.54 bits per heavy atom. The van der Waals surface area contributed by atoms with Gasteiger partial charge in [-0.05, 0) is 28.1 Å². The summed E-state index contributed by atoms with van der Waals surface area (Å²) < 4.78 is 19.4. The average molecular weight is 246 g/mol. The van der Waals surface area contributed by atoms with Crippen molar-refractivity contribution in [2.45, 2.75) is 12.5 Å². The highest BCUT2D eigenvalue weighted by molar-refractivity contribution is 9.10. The average Bonchev–Trinajstić information content (AvgIpc) is 2.12. The Labute approximate surface area is 84.0 Å². The molecule has 2 rings (SSSR count). The number of fused-ring (bicyclic) bond motifs is 1. The van der Waals surface area contributed by atoms with Crippen LogP contribution in [0.1, 0.15) is 18.0 Å². The van der Waals surface area contributed by atoms with Crippen molar-refractivity contribution < 1.29 is 9.13 Å². The Balaban J connectivity index is 2.60. The van der Waals surface area contributed by atoms with E-state index in [1.807, 2.05) is 0 Å². The molecule has 1 aromatic rings. The molecule has 1 aromatic carbocycles. The molecule has 1 atom stereocenters. The van der Waals surface area contributed by atoms with E-state index < -0.39 is 0 Å². The van der Waals surface area contributed by atoms with Crippen LogP contribution in [-0.4, -0.2) is 6.61 Å². The van der Waals surface area contributed by atoms with Crippen LogP contribution in [0.25, 0.3) is 0 Å². The molecule has 70 valence electrons. The van der Waals surface area contributed by atoms with Gasteiger partial charge in [0, 0.05) is 18.0 Å². The third-order valence-corrected chi connectivity index (χ3v) is 2.77. The van der Waals surface area contributed by atoms with Gasteiger partial charge >= 0.3 is 0 Å². The first-order valence-electron chi connectivity index (χ1n) is 4.06. The van der Waals surface area contributed by atoms with Gasteiger partial charge in [0.25, 0.3) is 0 Å². The van der Waals surface area contributed by atoms with E-state index in [2.05, 4.69) is 15.9 Å². The van der Waals surface area contributed by atoms with Gasteiger partial charge < -0.3 is 10.5 Å². The largest absolute Gasteiger partial charge is 0.492 e. The van der Waals surface area contributed by atoms with Crippen molar-refractivity contribution in [3.8, 4) is 5.75 Å². The zero-order valence-corrected chi connectivity index (χ0v) is 8.47. The lowest BCUT2D eigenvalue weighted by atomic mass is 10.0. The van der Waals surface area contributed by atoms with Crippen LogP contribution in [-0.2, 0) is 0 Å². The number of hydrogen-bond donors (Lipinski definition) is 1. The van der Waals surface area contributed by atoms with Crippen molar-refractivity contribution in [2.75, 3.05) is 6.61 Å². The van der Waals surface area contributed by atoms with Crippen LogP contribution in [0.2, 0.25) is 0 Å². The Morgan fingerprint density at radius 2 is 2.31 bits per heavy atom. The first kappa shape index (κ1) is 8.97. The molecule has 0 amide bonds. The molecule has 0 radical (unpaired) electrons. The van der Waals surface area contributed by atoms with Crippen LogP contribution in [0.4, 0.5) is 4.39 Å². The number of benzene rings is 1. The molecule has 0 fully saturated rings. The first-order valence-corrected chi connectivity index (χ1v) is 4.85. The zero-order valence-electron chi connectivity index (χ0n) is 6.89. The van der Waals surface area contributed by atoms with E-state index >= 15 is 0 Å². The van der Waals surface area contributed by atoms with E-state index in [0.29, 0.717) is 24.3 Å². The highest BCUT2D eigenvalue weighted by atomic mass is 79.9. The van der Waals surface area contributed by atoms with Crippen LogP contribution in [0.5, 0.6) is 5.75 Å². The van der Waals surface area contributed by atoms with Crippen LogP contribution < -0.4 is 10.5 Å². The summed E-state index contributed by atoms with van der Waals surface area (Å²) in [7, 11) is 0. The summed E-state index contributed by atoms with van der Waals surface area (Å²) in [6.45, 7) is 0.552. The van der Waals surface area contributed by atoms with E-state index in [-0.39, 0.29) is 11.9 Å². The number of halogens is 2. The lowest BCUT2D eigenvalue weighted by Gasteiger charge is -2.24. The molecule has 2 N–H and O–H groups in total. The van der Waals surface area contributed by atoms with Gasteiger partial charge in [0.2, 0.25) is 0 Å². The molecule has 0 spiro atoms. The first-order chi connectivity index (χ1) is 6.20. The van der Waals surface area contributed by atoms with Gasteiger partial charge in [-0.3, -0.25) is 0 Å². The Kier molecular flexibility index (Phi) is 2.26. The summed E-state index contributed by atoms with van der Waals surface area (Å²) in [4.78, 5) is 0. The van der Waals surface area contributed by atoms with Gasteiger partial charge in [-0.25, -0.2) is 4.39 Å². The van der Waals surface area contributed by atoms with Crippen LogP contribution >= 0.6 is 15.9 Å². The standard InChI is InChI=1S/C9H9BrFNO/c10-5-1-2-6(11)8-7(12)3-4-13-9(5)8/h1-2,7H,3-4,12H2/t7-/m1/s1. The predicted molar refractivity (Wildman–Crippen MR) is 51.1 cm³/mol. The van der Waals surface area contributed by atoms with E-state index in [9.17, 15) is 4.39 Å². The molecule has 0 aromatic heterocycles. The van der Waals surface area contributed by atoms with Crippen molar-refractivity contribution in [3.63, 3.8) is 0 Å². The molecule has 0 aliphatic carbocycles. The van der Waals surface area contributed by atoms with Gasteiger partial charge in [-0.15, -0.1) is 0 Å². The summed E-state index contributed by atoms with van der Waals surface area (Å²) in [5.74, 6) is 0.268. The fraction of sp³-hybridized carbons (Fsp3) is 0.333. The maximum atomic E-state index is 13.3. The molecule has 0 unspecified atom stereocenters. The van der Waals surface area contributed by atoms with Gasteiger partial charge in [-0.2, -0.15) is 0 Å². The van der Waals surface area contributed by atoms with Gasteiger partial charge in [0.15, 0.2) is 0 Å². The second-order valence-electron chi connectivity index (χ2n) is 3.02. The maximum absolute atomic E-state index is 13.3. The Hall–Kier alpha value is -0.610. The molecule has 0 saturated heterocycles. The molecular formula is C9H9BrFNO. The molecule has 0 bridgehead atoms. The van der Waals surface area contributed by atoms with E-state index in [0.717, 1.165) is 4.47 Å². The van der Waals surface area contributed by atoms with Crippen LogP contribution in [0.15, 0.2) is 16.6 Å². The van der Waals surface area contributed by atoms with E-state index in [4.69, 9.17) is 10.5 Å². The number of hydrogen-bond acceptors (Lipinski definition) is 2. The van der Waals surface area contributed by atoms with E-state index in [1.165, 1.54) is 6.07 Å². The summed E-state index contributed by atoms with van der Waals surface area (Å²) >= 11 is 3.30. The smallest absolute Gasteiger partial charge is 0.141 e.